The number of H-pyrrole nitrogens is 1. The zero-order valence-electron chi connectivity index (χ0n) is 16.3. The van der Waals surface area contributed by atoms with Crippen molar-refractivity contribution in [3.8, 4) is 5.69 Å². The number of pyridine rings is 1. The summed E-state index contributed by atoms with van der Waals surface area (Å²) >= 11 is 6.17. The molecule has 3 aromatic heterocycles. The average molecular weight is 435 g/mol. The van der Waals surface area contributed by atoms with E-state index < -0.39 is 11.4 Å². The average Bonchev–Trinajstić information content (AvgIpc) is 3.26. The van der Waals surface area contributed by atoms with Crippen molar-refractivity contribution >= 4 is 39.4 Å². The summed E-state index contributed by atoms with van der Waals surface area (Å²) in [6, 6.07) is 13.4. The van der Waals surface area contributed by atoms with Crippen molar-refractivity contribution < 1.29 is 4.39 Å². The van der Waals surface area contributed by atoms with Gasteiger partial charge in [-0.05, 0) is 36.6 Å². The second-order valence-electron chi connectivity index (χ2n) is 7.06. The molecule has 0 unspecified atom stereocenters. The van der Waals surface area contributed by atoms with Crippen molar-refractivity contribution in [2.45, 2.75) is 13.0 Å². The molecule has 0 spiro atoms. The Hall–Kier alpha value is -3.78. The van der Waals surface area contributed by atoms with Crippen LogP contribution < -0.4 is 10.9 Å². The van der Waals surface area contributed by atoms with Gasteiger partial charge >= 0.3 is 0 Å². The molecule has 5 aromatic rings. The molecule has 0 fully saturated rings. The number of hydrogen-bond acceptors (Lipinski definition) is 5. The van der Waals surface area contributed by atoms with E-state index in [1.165, 1.54) is 17.0 Å². The molecule has 0 radical (unpaired) electrons. The van der Waals surface area contributed by atoms with Gasteiger partial charge in [-0.1, -0.05) is 35.9 Å². The Morgan fingerprint density at radius 1 is 1.13 bits per heavy atom. The van der Waals surface area contributed by atoms with Crippen LogP contribution in [-0.4, -0.2) is 24.5 Å². The standard InChI is InChI=1S/C22H16ClFN6O/c1-12(29-21-19-20(26-10-25-19)27-11-28-21)16-9-13-7-8-15(24)18(23)17(13)22(31)30(16)14-5-3-2-4-6-14/h2-12H,1H3,(H2,25,26,27,28,29)/t12-/m0/s1. The largest absolute Gasteiger partial charge is 0.360 e. The Labute approximate surface area is 180 Å². The maximum absolute atomic E-state index is 14.1. The fraction of sp³-hybridized carbons (Fsp3) is 0.0909. The van der Waals surface area contributed by atoms with Crippen molar-refractivity contribution in [2.75, 3.05) is 5.32 Å². The van der Waals surface area contributed by atoms with Crippen molar-refractivity contribution in [1.29, 1.82) is 0 Å². The molecule has 0 saturated heterocycles. The van der Waals surface area contributed by atoms with Gasteiger partial charge in [-0.3, -0.25) is 9.36 Å². The molecule has 3 heterocycles. The number of rotatable bonds is 4. The summed E-state index contributed by atoms with van der Waals surface area (Å²) in [6.45, 7) is 1.91. The molecule has 7 nitrogen and oxygen atoms in total. The minimum absolute atomic E-state index is 0.137. The van der Waals surface area contributed by atoms with E-state index in [4.69, 9.17) is 11.6 Å². The molecule has 0 bridgehead atoms. The van der Waals surface area contributed by atoms with E-state index in [1.54, 1.807) is 12.4 Å². The predicted octanol–water partition coefficient (Wildman–Crippen LogP) is 4.62. The molecule has 0 aliphatic rings. The van der Waals surface area contributed by atoms with Crippen molar-refractivity contribution in [1.82, 2.24) is 24.5 Å². The summed E-state index contributed by atoms with van der Waals surface area (Å²) in [5, 5.41) is 3.82. The van der Waals surface area contributed by atoms with E-state index in [1.807, 2.05) is 43.3 Å². The molecule has 1 atom stereocenters. The molecule has 2 aromatic carbocycles. The van der Waals surface area contributed by atoms with E-state index in [-0.39, 0.29) is 16.5 Å². The highest BCUT2D eigenvalue weighted by Gasteiger charge is 2.20. The number of halogens is 2. The van der Waals surface area contributed by atoms with E-state index >= 15 is 0 Å². The van der Waals surface area contributed by atoms with Crippen LogP contribution in [0.4, 0.5) is 10.2 Å². The molecular weight excluding hydrogens is 419 g/mol. The van der Waals surface area contributed by atoms with Crippen molar-refractivity contribution in [3.05, 3.63) is 88.1 Å². The Bertz CT molecular complexity index is 1480. The molecule has 5 rings (SSSR count). The molecule has 154 valence electrons. The summed E-state index contributed by atoms with van der Waals surface area (Å²) in [4.78, 5) is 29.1. The van der Waals surface area contributed by atoms with Gasteiger partial charge in [-0.25, -0.2) is 19.3 Å². The molecule has 0 amide bonds. The number of aromatic nitrogens is 5. The smallest absolute Gasteiger partial charge is 0.264 e. The number of aromatic amines is 1. The SMILES string of the molecule is C[C@H](Nc1ncnc2[nH]cnc12)c1cc2ccc(F)c(Cl)c2c(=O)n1-c1ccccc1. The van der Waals surface area contributed by atoms with Crippen molar-refractivity contribution in [2.24, 2.45) is 0 Å². The third-order valence-electron chi connectivity index (χ3n) is 5.13. The monoisotopic (exact) mass is 434 g/mol. The number of fused-ring (bicyclic) bond motifs is 2. The van der Waals surface area contributed by atoms with Crippen LogP contribution in [0.5, 0.6) is 0 Å². The van der Waals surface area contributed by atoms with Crippen LogP contribution in [0.1, 0.15) is 18.7 Å². The Kier molecular flexibility index (Phi) is 4.63. The number of hydrogen-bond donors (Lipinski definition) is 2. The second kappa shape index (κ2) is 7.48. The number of para-hydroxylation sites is 1. The van der Waals surface area contributed by atoms with E-state index in [0.717, 1.165) is 0 Å². The van der Waals surface area contributed by atoms with E-state index in [9.17, 15) is 9.18 Å². The van der Waals surface area contributed by atoms with Gasteiger partial charge in [0.15, 0.2) is 11.5 Å². The third-order valence-corrected chi connectivity index (χ3v) is 5.50. The van der Waals surface area contributed by atoms with Crippen LogP contribution in [-0.2, 0) is 0 Å². The lowest BCUT2D eigenvalue weighted by Crippen LogP contribution is -2.26. The fourth-order valence-electron chi connectivity index (χ4n) is 3.67. The number of nitrogens with zero attached hydrogens (tertiary/aromatic N) is 4. The first kappa shape index (κ1) is 19.2. The lowest BCUT2D eigenvalue weighted by Gasteiger charge is -2.21. The quantitative estimate of drug-likeness (QED) is 0.431. The zero-order chi connectivity index (χ0) is 21.5. The normalized spacial score (nSPS) is 12.4. The summed E-state index contributed by atoms with van der Waals surface area (Å²) in [6.07, 6.45) is 2.98. The highest BCUT2D eigenvalue weighted by molar-refractivity contribution is 6.35. The minimum atomic E-state index is -0.633. The van der Waals surface area contributed by atoms with Crippen LogP contribution in [0.3, 0.4) is 0 Å². The van der Waals surface area contributed by atoms with Crippen molar-refractivity contribution in [3.63, 3.8) is 0 Å². The third kappa shape index (κ3) is 3.21. The van der Waals surface area contributed by atoms with Crippen LogP contribution >= 0.6 is 11.6 Å². The number of benzene rings is 2. The van der Waals surface area contributed by atoms with Crippen LogP contribution in [0.15, 0.2) is 66.0 Å². The van der Waals surface area contributed by atoms with Gasteiger partial charge in [0.2, 0.25) is 0 Å². The minimum Gasteiger partial charge on any atom is -0.360 e. The Morgan fingerprint density at radius 2 is 1.94 bits per heavy atom. The first-order valence-electron chi connectivity index (χ1n) is 9.54. The number of anilines is 1. The first-order valence-corrected chi connectivity index (χ1v) is 9.92. The Balaban J connectivity index is 1.73. The fourth-order valence-corrected chi connectivity index (χ4v) is 3.92. The lowest BCUT2D eigenvalue weighted by molar-refractivity contribution is 0.629. The number of nitrogens with one attached hydrogen (secondary N) is 2. The lowest BCUT2D eigenvalue weighted by atomic mass is 10.1. The molecule has 31 heavy (non-hydrogen) atoms. The molecule has 0 aliphatic carbocycles. The van der Waals surface area contributed by atoms with Gasteiger partial charge in [0, 0.05) is 11.4 Å². The van der Waals surface area contributed by atoms with Crippen LogP contribution in [0.25, 0.3) is 27.6 Å². The topological polar surface area (TPSA) is 88.5 Å². The second-order valence-corrected chi connectivity index (χ2v) is 7.44. The van der Waals surface area contributed by atoms with Gasteiger partial charge < -0.3 is 10.3 Å². The highest BCUT2D eigenvalue weighted by Crippen LogP contribution is 2.29. The molecule has 9 heteroatoms. The van der Waals surface area contributed by atoms with Crippen LogP contribution in [0, 0.1) is 5.82 Å². The van der Waals surface area contributed by atoms with E-state index in [2.05, 4.69) is 25.3 Å². The zero-order valence-corrected chi connectivity index (χ0v) is 17.1. The summed E-state index contributed by atoms with van der Waals surface area (Å²) in [7, 11) is 0. The summed E-state index contributed by atoms with van der Waals surface area (Å²) in [5.74, 6) is -0.102. The van der Waals surface area contributed by atoms with Gasteiger partial charge in [-0.2, -0.15) is 0 Å². The molecule has 0 saturated carbocycles. The van der Waals surface area contributed by atoms with Gasteiger partial charge in [0.1, 0.15) is 17.7 Å². The van der Waals surface area contributed by atoms with Gasteiger partial charge in [-0.15, -0.1) is 0 Å². The maximum Gasteiger partial charge on any atom is 0.264 e. The predicted molar refractivity (Wildman–Crippen MR) is 118 cm³/mol. The summed E-state index contributed by atoms with van der Waals surface area (Å²) < 4.78 is 15.6. The first-order chi connectivity index (χ1) is 15.0. The van der Waals surface area contributed by atoms with Crippen LogP contribution in [0.2, 0.25) is 5.02 Å². The molecular formula is C22H16ClFN6O. The van der Waals surface area contributed by atoms with Gasteiger partial charge in [0.25, 0.3) is 5.56 Å². The van der Waals surface area contributed by atoms with Gasteiger partial charge in [0.05, 0.1) is 22.8 Å². The number of imidazole rings is 1. The summed E-state index contributed by atoms with van der Waals surface area (Å²) in [5.41, 5.74) is 2.10. The Morgan fingerprint density at radius 3 is 2.74 bits per heavy atom. The molecule has 2 N–H and O–H groups in total. The maximum atomic E-state index is 14.1. The highest BCUT2D eigenvalue weighted by atomic mass is 35.5. The van der Waals surface area contributed by atoms with E-state index in [0.29, 0.717) is 33.7 Å². The molecule has 0 aliphatic heterocycles.